The Kier molecular flexibility index (Phi) is 6.71. The van der Waals surface area contributed by atoms with Crippen LogP contribution in [0.5, 0.6) is 5.75 Å². The van der Waals surface area contributed by atoms with Crippen LogP contribution in [0.25, 0.3) is 0 Å². The van der Waals surface area contributed by atoms with Gasteiger partial charge in [-0.25, -0.2) is 0 Å². The lowest BCUT2D eigenvalue weighted by atomic mass is 9.80. The average Bonchev–Trinajstić information content (AvgIpc) is 2.50. The van der Waals surface area contributed by atoms with E-state index in [1.54, 1.807) is 0 Å². The molecule has 0 aromatic heterocycles. The predicted octanol–water partition coefficient (Wildman–Crippen LogP) is 3.50. The molecule has 1 fully saturated rings. The molecule has 3 nitrogen and oxygen atoms in total. The highest BCUT2D eigenvalue weighted by molar-refractivity contribution is 5.31. The van der Waals surface area contributed by atoms with E-state index in [1.807, 2.05) is 13.0 Å². The lowest BCUT2D eigenvalue weighted by Gasteiger charge is -2.36. The predicted molar refractivity (Wildman–Crippen MR) is 93.4 cm³/mol. The Hall–Kier alpha value is -1.06. The smallest absolute Gasteiger partial charge is 0.119 e. The maximum atomic E-state index is 6.12. The Morgan fingerprint density at radius 1 is 1.27 bits per heavy atom. The lowest BCUT2D eigenvalue weighted by Crippen LogP contribution is -2.38. The zero-order chi connectivity index (χ0) is 15.9. The van der Waals surface area contributed by atoms with Crippen molar-refractivity contribution in [1.29, 1.82) is 0 Å². The van der Waals surface area contributed by atoms with Crippen LogP contribution >= 0.6 is 0 Å². The normalized spacial score (nSPS) is 18.6. The minimum absolute atomic E-state index is 0.460. The summed E-state index contributed by atoms with van der Waals surface area (Å²) >= 11 is 0. The van der Waals surface area contributed by atoms with Crippen molar-refractivity contribution >= 4 is 0 Å². The van der Waals surface area contributed by atoms with Gasteiger partial charge in [-0.2, -0.15) is 0 Å². The number of rotatable bonds is 7. The Morgan fingerprint density at radius 3 is 2.59 bits per heavy atom. The van der Waals surface area contributed by atoms with Gasteiger partial charge in [0, 0.05) is 6.54 Å². The van der Waals surface area contributed by atoms with Crippen molar-refractivity contribution < 1.29 is 4.74 Å². The molecule has 0 amide bonds. The van der Waals surface area contributed by atoms with Gasteiger partial charge in [0.15, 0.2) is 0 Å². The summed E-state index contributed by atoms with van der Waals surface area (Å²) in [5, 5.41) is 0. The summed E-state index contributed by atoms with van der Waals surface area (Å²) in [6.07, 6.45) is 2.51. The van der Waals surface area contributed by atoms with Crippen LogP contribution in [0.1, 0.15) is 45.1 Å². The van der Waals surface area contributed by atoms with Gasteiger partial charge in [-0.3, -0.25) is 0 Å². The van der Waals surface area contributed by atoms with Crippen molar-refractivity contribution in [2.24, 2.45) is 17.6 Å². The number of nitrogens with two attached hydrogens (primary N) is 1. The summed E-state index contributed by atoms with van der Waals surface area (Å²) in [6, 6.07) is 8.52. The van der Waals surface area contributed by atoms with Gasteiger partial charge < -0.3 is 15.4 Å². The summed E-state index contributed by atoms with van der Waals surface area (Å²) in [6.45, 7) is 11.7. The van der Waals surface area contributed by atoms with E-state index in [1.165, 1.54) is 38.0 Å². The van der Waals surface area contributed by atoms with Crippen molar-refractivity contribution in [2.75, 3.05) is 32.8 Å². The molecule has 0 saturated carbocycles. The van der Waals surface area contributed by atoms with Gasteiger partial charge in [0.05, 0.1) is 6.61 Å². The van der Waals surface area contributed by atoms with E-state index in [9.17, 15) is 0 Å². The quantitative estimate of drug-likeness (QED) is 0.838. The lowest BCUT2D eigenvalue weighted by molar-refractivity contribution is 0.155. The highest BCUT2D eigenvalue weighted by Crippen LogP contribution is 2.33. The molecule has 0 aliphatic carbocycles. The fraction of sp³-hybridized carbons (Fsp3) is 0.684. The molecule has 1 aliphatic rings. The van der Waals surface area contributed by atoms with E-state index in [2.05, 4.69) is 36.9 Å². The van der Waals surface area contributed by atoms with Crippen molar-refractivity contribution in [3.8, 4) is 5.75 Å². The van der Waals surface area contributed by atoms with Gasteiger partial charge >= 0.3 is 0 Å². The van der Waals surface area contributed by atoms with E-state index in [4.69, 9.17) is 10.5 Å². The Balaban J connectivity index is 1.99. The molecule has 2 rings (SSSR count). The fourth-order valence-electron chi connectivity index (χ4n) is 3.66. The fourth-order valence-corrected chi connectivity index (χ4v) is 3.66. The van der Waals surface area contributed by atoms with E-state index in [0.717, 1.165) is 18.2 Å². The largest absolute Gasteiger partial charge is 0.494 e. The second kappa shape index (κ2) is 8.54. The van der Waals surface area contributed by atoms with E-state index >= 15 is 0 Å². The molecule has 22 heavy (non-hydrogen) atoms. The number of hydrogen-bond acceptors (Lipinski definition) is 3. The number of nitrogens with zero attached hydrogens (tertiary/aromatic N) is 1. The molecular weight excluding hydrogens is 272 g/mol. The van der Waals surface area contributed by atoms with Crippen LogP contribution in [0.4, 0.5) is 0 Å². The summed E-state index contributed by atoms with van der Waals surface area (Å²) in [4.78, 5) is 2.60. The van der Waals surface area contributed by atoms with Crippen LogP contribution in [0.2, 0.25) is 0 Å². The summed E-state index contributed by atoms with van der Waals surface area (Å²) in [5.74, 6) is 2.88. The van der Waals surface area contributed by atoms with Crippen LogP contribution in [0.3, 0.4) is 0 Å². The Bertz CT molecular complexity index is 439. The SMILES string of the molecule is CCOc1cccc(C(CN)C2CCN(CC(C)C)CC2)c1. The minimum Gasteiger partial charge on any atom is -0.494 e. The zero-order valence-electron chi connectivity index (χ0n) is 14.4. The first-order valence-corrected chi connectivity index (χ1v) is 8.79. The zero-order valence-corrected chi connectivity index (χ0v) is 14.4. The molecular formula is C19H32N2O. The summed E-state index contributed by atoms with van der Waals surface area (Å²) < 4.78 is 5.64. The molecule has 0 radical (unpaired) electrons. The second-order valence-electron chi connectivity index (χ2n) is 6.88. The van der Waals surface area contributed by atoms with Crippen LogP contribution in [0, 0.1) is 11.8 Å². The maximum absolute atomic E-state index is 6.12. The molecule has 1 aromatic carbocycles. The van der Waals surface area contributed by atoms with E-state index in [-0.39, 0.29) is 0 Å². The molecule has 0 spiro atoms. The molecule has 0 bridgehead atoms. The van der Waals surface area contributed by atoms with Gasteiger partial charge in [-0.1, -0.05) is 26.0 Å². The molecule has 1 saturated heterocycles. The highest BCUT2D eigenvalue weighted by Gasteiger charge is 2.27. The van der Waals surface area contributed by atoms with Gasteiger partial charge in [0.2, 0.25) is 0 Å². The number of likely N-dealkylation sites (tertiary alicyclic amines) is 1. The second-order valence-corrected chi connectivity index (χ2v) is 6.88. The molecule has 124 valence electrons. The molecule has 1 aromatic rings. The van der Waals surface area contributed by atoms with Gasteiger partial charge in [0.25, 0.3) is 0 Å². The minimum atomic E-state index is 0.460. The third-order valence-electron chi connectivity index (χ3n) is 4.68. The highest BCUT2D eigenvalue weighted by atomic mass is 16.5. The Morgan fingerprint density at radius 2 is 2.00 bits per heavy atom. The standard InChI is InChI=1S/C19H32N2O/c1-4-22-18-7-5-6-17(12-18)19(13-20)16-8-10-21(11-9-16)14-15(2)3/h5-7,12,15-16,19H,4,8-11,13-14,20H2,1-3H3. The topological polar surface area (TPSA) is 38.5 Å². The summed E-state index contributed by atoms with van der Waals surface area (Å²) in [5.41, 5.74) is 7.46. The third kappa shape index (κ3) is 4.72. The summed E-state index contributed by atoms with van der Waals surface area (Å²) in [7, 11) is 0. The molecule has 2 N–H and O–H groups in total. The first-order chi connectivity index (χ1) is 10.6. The molecule has 3 heteroatoms. The molecule has 1 unspecified atom stereocenters. The molecule has 1 aliphatic heterocycles. The average molecular weight is 304 g/mol. The van der Waals surface area contributed by atoms with Crippen LogP contribution in [-0.2, 0) is 0 Å². The molecule has 1 heterocycles. The van der Waals surface area contributed by atoms with Gasteiger partial charge in [-0.05, 0) is 74.8 Å². The first-order valence-electron chi connectivity index (χ1n) is 8.79. The first kappa shape index (κ1) is 17.3. The Labute approximate surface area is 135 Å². The third-order valence-corrected chi connectivity index (χ3v) is 4.68. The van der Waals surface area contributed by atoms with Crippen LogP contribution in [-0.4, -0.2) is 37.7 Å². The van der Waals surface area contributed by atoms with Crippen molar-refractivity contribution in [3.05, 3.63) is 29.8 Å². The van der Waals surface area contributed by atoms with Gasteiger partial charge in [0.1, 0.15) is 5.75 Å². The number of ether oxygens (including phenoxy) is 1. The monoisotopic (exact) mass is 304 g/mol. The van der Waals surface area contributed by atoms with Crippen molar-refractivity contribution in [1.82, 2.24) is 4.90 Å². The number of benzene rings is 1. The van der Waals surface area contributed by atoms with E-state index in [0.29, 0.717) is 18.4 Å². The molecule has 1 atom stereocenters. The van der Waals surface area contributed by atoms with Crippen LogP contribution in [0.15, 0.2) is 24.3 Å². The van der Waals surface area contributed by atoms with Crippen molar-refractivity contribution in [2.45, 2.75) is 39.5 Å². The van der Waals surface area contributed by atoms with E-state index < -0.39 is 0 Å². The number of piperidine rings is 1. The van der Waals surface area contributed by atoms with Crippen molar-refractivity contribution in [3.63, 3.8) is 0 Å². The number of hydrogen-bond donors (Lipinski definition) is 1. The van der Waals surface area contributed by atoms with Crippen LogP contribution < -0.4 is 10.5 Å². The van der Waals surface area contributed by atoms with Gasteiger partial charge in [-0.15, -0.1) is 0 Å². The maximum Gasteiger partial charge on any atom is 0.119 e.